The van der Waals surface area contributed by atoms with Crippen LogP contribution in [0.4, 0.5) is 4.39 Å². The molecule has 1 aromatic carbocycles. The second-order valence-corrected chi connectivity index (χ2v) is 7.83. The summed E-state index contributed by atoms with van der Waals surface area (Å²) in [6.45, 7) is 1.95. The highest BCUT2D eigenvalue weighted by molar-refractivity contribution is 7.91. The molecule has 2 aromatic rings. The van der Waals surface area contributed by atoms with Gasteiger partial charge in [-0.25, -0.2) is 12.8 Å². The van der Waals surface area contributed by atoms with Gasteiger partial charge >= 0.3 is 0 Å². The maximum absolute atomic E-state index is 13.8. The summed E-state index contributed by atoms with van der Waals surface area (Å²) in [6, 6.07) is 7.14. The monoisotopic (exact) mass is 328 g/mol. The van der Waals surface area contributed by atoms with Crippen LogP contribution in [0.15, 0.2) is 39.9 Å². The summed E-state index contributed by atoms with van der Waals surface area (Å²) in [5.41, 5.74) is 6.62. The SMILES string of the molecule is CC(c1ccccc1F)N(C)S(=O)(=O)c1cc(CN)cs1. The molecule has 1 heterocycles. The molecule has 4 nitrogen and oxygen atoms in total. The third kappa shape index (κ3) is 3.16. The fourth-order valence-corrected chi connectivity index (χ4v) is 4.70. The van der Waals surface area contributed by atoms with Crippen molar-refractivity contribution in [1.82, 2.24) is 4.31 Å². The summed E-state index contributed by atoms with van der Waals surface area (Å²) in [7, 11) is -2.21. The van der Waals surface area contributed by atoms with E-state index in [0.717, 1.165) is 16.9 Å². The number of thiophene rings is 1. The predicted octanol–water partition coefficient (Wildman–Crippen LogP) is 2.73. The van der Waals surface area contributed by atoms with Crippen molar-refractivity contribution in [2.45, 2.75) is 23.7 Å². The highest BCUT2D eigenvalue weighted by atomic mass is 32.2. The second-order valence-electron chi connectivity index (χ2n) is 4.70. The van der Waals surface area contributed by atoms with Crippen molar-refractivity contribution in [3.63, 3.8) is 0 Å². The van der Waals surface area contributed by atoms with Gasteiger partial charge in [-0.05, 0) is 30.0 Å². The average molecular weight is 328 g/mol. The molecule has 0 spiro atoms. The van der Waals surface area contributed by atoms with E-state index in [9.17, 15) is 12.8 Å². The van der Waals surface area contributed by atoms with E-state index in [-0.39, 0.29) is 4.21 Å². The van der Waals surface area contributed by atoms with Gasteiger partial charge in [0.2, 0.25) is 0 Å². The minimum absolute atomic E-state index is 0.216. The number of sulfonamides is 1. The summed E-state index contributed by atoms with van der Waals surface area (Å²) >= 11 is 1.12. The lowest BCUT2D eigenvalue weighted by molar-refractivity contribution is 0.388. The Kier molecular flexibility index (Phi) is 4.77. The first-order valence-corrected chi connectivity index (χ1v) is 8.70. The number of nitrogens with two attached hydrogens (primary N) is 1. The molecule has 0 saturated carbocycles. The molecule has 7 heteroatoms. The maximum Gasteiger partial charge on any atom is 0.252 e. The lowest BCUT2D eigenvalue weighted by Gasteiger charge is -2.24. The van der Waals surface area contributed by atoms with Crippen LogP contribution in [0.1, 0.15) is 24.1 Å². The molecule has 1 atom stereocenters. The minimum Gasteiger partial charge on any atom is -0.326 e. The van der Waals surface area contributed by atoms with E-state index >= 15 is 0 Å². The fraction of sp³-hybridized carbons (Fsp3) is 0.286. The van der Waals surface area contributed by atoms with Gasteiger partial charge in [-0.2, -0.15) is 4.31 Å². The summed E-state index contributed by atoms with van der Waals surface area (Å²) in [5, 5.41) is 1.72. The predicted molar refractivity (Wildman–Crippen MR) is 82.0 cm³/mol. The number of hydrogen-bond acceptors (Lipinski definition) is 4. The number of halogens is 1. The van der Waals surface area contributed by atoms with Gasteiger partial charge in [-0.3, -0.25) is 0 Å². The first-order valence-electron chi connectivity index (χ1n) is 6.38. The molecule has 0 amide bonds. The van der Waals surface area contributed by atoms with Crippen molar-refractivity contribution in [2.24, 2.45) is 5.73 Å². The Labute approximate surface area is 128 Å². The van der Waals surface area contributed by atoms with Crippen LogP contribution >= 0.6 is 11.3 Å². The van der Waals surface area contributed by atoms with Crippen molar-refractivity contribution >= 4 is 21.4 Å². The third-order valence-electron chi connectivity index (χ3n) is 3.40. The molecule has 0 aliphatic rings. The Balaban J connectivity index is 2.34. The van der Waals surface area contributed by atoms with Gasteiger partial charge in [-0.1, -0.05) is 18.2 Å². The summed E-state index contributed by atoms with van der Waals surface area (Å²) in [6.07, 6.45) is 0. The summed E-state index contributed by atoms with van der Waals surface area (Å²) in [4.78, 5) is 0. The van der Waals surface area contributed by atoms with Crippen LogP contribution in [0.25, 0.3) is 0 Å². The minimum atomic E-state index is -3.66. The zero-order valence-electron chi connectivity index (χ0n) is 11.8. The van der Waals surface area contributed by atoms with E-state index in [1.54, 1.807) is 36.6 Å². The Morgan fingerprint density at radius 3 is 2.62 bits per heavy atom. The normalized spacial score (nSPS) is 13.6. The van der Waals surface area contributed by atoms with Crippen LogP contribution in [0, 0.1) is 5.82 Å². The zero-order valence-corrected chi connectivity index (χ0v) is 13.4. The van der Waals surface area contributed by atoms with Crippen LogP contribution in [-0.2, 0) is 16.6 Å². The molecule has 0 aliphatic heterocycles. The molecule has 0 fully saturated rings. The number of rotatable bonds is 5. The molecule has 1 aromatic heterocycles. The Morgan fingerprint density at radius 2 is 2.05 bits per heavy atom. The van der Waals surface area contributed by atoms with Gasteiger partial charge in [0.1, 0.15) is 10.0 Å². The van der Waals surface area contributed by atoms with Gasteiger partial charge in [-0.15, -0.1) is 11.3 Å². The highest BCUT2D eigenvalue weighted by Crippen LogP contribution is 2.30. The van der Waals surface area contributed by atoms with E-state index in [4.69, 9.17) is 5.73 Å². The molecule has 0 bridgehead atoms. The van der Waals surface area contributed by atoms with Crippen molar-refractivity contribution in [3.8, 4) is 0 Å². The number of nitrogens with zero attached hydrogens (tertiary/aromatic N) is 1. The molecule has 0 aliphatic carbocycles. The lowest BCUT2D eigenvalue weighted by atomic mass is 10.1. The fourth-order valence-electron chi connectivity index (χ4n) is 1.96. The largest absolute Gasteiger partial charge is 0.326 e. The molecule has 21 heavy (non-hydrogen) atoms. The second kappa shape index (κ2) is 6.23. The maximum atomic E-state index is 13.8. The molecular formula is C14H17FN2O2S2. The Bertz CT molecular complexity index is 728. The van der Waals surface area contributed by atoms with E-state index in [0.29, 0.717) is 12.1 Å². The van der Waals surface area contributed by atoms with E-state index < -0.39 is 21.9 Å². The summed E-state index contributed by atoms with van der Waals surface area (Å²) in [5.74, 6) is -0.416. The van der Waals surface area contributed by atoms with Crippen molar-refractivity contribution in [2.75, 3.05) is 7.05 Å². The van der Waals surface area contributed by atoms with Crippen LogP contribution < -0.4 is 5.73 Å². The standard InChI is InChI=1S/C14H17FN2O2S2/c1-10(12-5-3-4-6-13(12)15)17(2)21(18,19)14-7-11(8-16)9-20-14/h3-7,9-10H,8,16H2,1-2H3. The Morgan fingerprint density at radius 1 is 1.38 bits per heavy atom. The van der Waals surface area contributed by atoms with Gasteiger partial charge in [0.25, 0.3) is 10.0 Å². The van der Waals surface area contributed by atoms with Crippen LogP contribution in [0.3, 0.4) is 0 Å². The first kappa shape index (κ1) is 16.1. The summed E-state index contributed by atoms with van der Waals surface area (Å²) < 4.78 is 40.3. The molecular weight excluding hydrogens is 311 g/mol. The van der Waals surface area contributed by atoms with Crippen LogP contribution in [-0.4, -0.2) is 19.8 Å². The van der Waals surface area contributed by atoms with E-state index in [1.807, 2.05) is 0 Å². The molecule has 2 N–H and O–H groups in total. The number of hydrogen-bond donors (Lipinski definition) is 1. The van der Waals surface area contributed by atoms with Crippen molar-refractivity contribution < 1.29 is 12.8 Å². The van der Waals surface area contributed by atoms with Crippen molar-refractivity contribution in [3.05, 3.63) is 52.7 Å². The van der Waals surface area contributed by atoms with Gasteiger partial charge < -0.3 is 5.73 Å². The molecule has 1 unspecified atom stereocenters. The van der Waals surface area contributed by atoms with E-state index in [2.05, 4.69) is 0 Å². The Hall–Kier alpha value is -1.28. The van der Waals surface area contributed by atoms with Crippen LogP contribution in [0.5, 0.6) is 0 Å². The van der Waals surface area contributed by atoms with Crippen LogP contribution in [0.2, 0.25) is 0 Å². The number of benzene rings is 1. The zero-order chi connectivity index (χ0) is 15.6. The third-order valence-corrected chi connectivity index (χ3v) is 6.79. The quantitative estimate of drug-likeness (QED) is 0.918. The van der Waals surface area contributed by atoms with Crippen molar-refractivity contribution in [1.29, 1.82) is 0 Å². The molecule has 0 saturated heterocycles. The highest BCUT2D eigenvalue weighted by Gasteiger charge is 2.28. The van der Waals surface area contributed by atoms with Gasteiger partial charge in [0, 0.05) is 25.2 Å². The van der Waals surface area contributed by atoms with Gasteiger partial charge in [0.15, 0.2) is 0 Å². The lowest BCUT2D eigenvalue weighted by Crippen LogP contribution is -2.29. The first-order chi connectivity index (χ1) is 9.87. The molecule has 2 rings (SSSR count). The van der Waals surface area contributed by atoms with Gasteiger partial charge in [0.05, 0.1) is 0 Å². The topological polar surface area (TPSA) is 63.4 Å². The molecule has 114 valence electrons. The smallest absolute Gasteiger partial charge is 0.252 e. The molecule has 0 radical (unpaired) electrons. The average Bonchev–Trinajstić information content (AvgIpc) is 2.96. The van der Waals surface area contributed by atoms with E-state index in [1.165, 1.54) is 17.4 Å².